The molecule has 1 aromatic heterocycles. The Kier molecular flexibility index (Phi) is 7.76. The summed E-state index contributed by atoms with van der Waals surface area (Å²) in [7, 11) is 0. The molecule has 1 aliphatic rings. The number of likely N-dealkylation sites (tertiary alicyclic amines) is 1. The van der Waals surface area contributed by atoms with Crippen LogP contribution in [0.5, 0.6) is 5.75 Å². The number of pyridine rings is 1. The van der Waals surface area contributed by atoms with Crippen LogP contribution in [0.4, 0.5) is 15.8 Å². The SMILES string of the molecule is C=CC(=O)N1CCC(Cc2cc3c(Nc4ccc(C)c(Cl)c4F)c(C#N)cnc3cc2OCC)CC1. The molecule has 0 saturated carbocycles. The molecule has 1 aliphatic heterocycles. The number of rotatable bonds is 7. The van der Waals surface area contributed by atoms with Gasteiger partial charge in [0.2, 0.25) is 5.91 Å². The number of halogens is 2. The third kappa shape index (κ3) is 5.14. The smallest absolute Gasteiger partial charge is 0.245 e. The number of carbonyl (C=O) groups excluding carboxylic acids is 1. The fourth-order valence-corrected chi connectivity index (χ4v) is 4.77. The van der Waals surface area contributed by atoms with E-state index in [0.29, 0.717) is 53.3 Å². The molecule has 0 spiro atoms. The summed E-state index contributed by atoms with van der Waals surface area (Å²) < 4.78 is 20.8. The highest BCUT2D eigenvalue weighted by Crippen LogP contribution is 2.37. The molecule has 36 heavy (non-hydrogen) atoms. The fourth-order valence-electron chi connectivity index (χ4n) is 4.61. The number of aromatic nitrogens is 1. The van der Waals surface area contributed by atoms with Gasteiger partial charge in [-0.1, -0.05) is 24.2 Å². The number of piperidine rings is 1. The molecule has 8 heteroatoms. The van der Waals surface area contributed by atoms with E-state index in [-0.39, 0.29) is 16.6 Å². The van der Waals surface area contributed by atoms with E-state index in [9.17, 15) is 14.4 Å². The van der Waals surface area contributed by atoms with Crippen molar-refractivity contribution in [2.75, 3.05) is 25.0 Å². The maximum Gasteiger partial charge on any atom is 0.245 e. The van der Waals surface area contributed by atoms with Crippen LogP contribution in [0, 0.1) is 30.0 Å². The van der Waals surface area contributed by atoms with E-state index in [4.69, 9.17) is 16.3 Å². The van der Waals surface area contributed by atoms with Crippen LogP contribution < -0.4 is 10.1 Å². The van der Waals surface area contributed by atoms with Gasteiger partial charge in [0.15, 0.2) is 5.82 Å². The lowest BCUT2D eigenvalue weighted by atomic mass is 9.89. The number of aryl methyl sites for hydroxylation is 1. The number of benzene rings is 2. The van der Waals surface area contributed by atoms with E-state index < -0.39 is 5.82 Å². The summed E-state index contributed by atoms with van der Waals surface area (Å²) >= 11 is 6.13. The first kappa shape index (κ1) is 25.5. The molecule has 2 aromatic carbocycles. The van der Waals surface area contributed by atoms with Crippen molar-refractivity contribution in [1.82, 2.24) is 9.88 Å². The lowest BCUT2D eigenvalue weighted by Crippen LogP contribution is -2.37. The van der Waals surface area contributed by atoms with Crippen LogP contribution in [-0.2, 0) is 11.2 Å². The molecular weight excluding hydrogens is 479 g/mol. The standard InChI is InChI=1S/C28H28ClFN4O2/c1-4-25(35)34-10-8-18(9-11-34)12-19-13-21-23(14-24(19)36-5-2)32-16-20(15-31)28(21)33-22-7-6-17(3)26(29)27(22)30/h4,6-7,13-14,16,18H,1,5,8-12H2,2-3H3,(H,32,33). The Balaban J connectivity index is 1.73. The molecule has 1 amide bonds. The number of nitriles is 1. The van der Waals surface area contributed by atoms with E-state index in [1.807, 2.05) is 24.0 Å². The van der Waals surface area contributed by atoms with Crippen molar-refractivity contribution < 1.29 is 13.9 Å². The molecule has 1 saturated heterocycles. The normalized spacial score (nSPS) is 13.9. The van der Waals surface area contributed by atoms with Crippen molar-refractivity contribution in [3.05, 3.63) is 70.6 Å². The second-order valence-corrected chi connectivity index (χ2v) is 9.31. The van der Waals surface area contributed by atoms with Crippen molar-refractivity contribution in [2.24, 2.45) is 5.92 Å². The second kappa shape index (κ2) is 11.0. The Hall–Kier alpha value is -3.63. The zero-order valence-corrected chi connectivity index (χ0v) is 21.2. The number of carbonyl (C=O) groups is 1. The Bertz CT molecular complexity index is 1360. The van der Waals surface area contributed by atoms with E-state index in [0.717, 1.165) is 30.6 Å². The first-order valence-corrected chi connectivity index (χ1v) is 12.4. The van der Waals surface area contributed by atoms with E-state index in [1.54, 1.807) is 19.1 Å². The van der Waals surface area contributed by atoms with Crippen LogP contribution in [0.15, 0.2) is 43.1 Å². The van der Waals surface area contributed by atoms with Crippen molar-refractivity contribution >= 4 is 39.8 Å². The number of nitrogens with zero attached hydrogens (tertiary/aromatic N) is 3. The van der Waals surface area contributed by atoms with Crippen LogP contribution in [-0.4, -0.2) is 35.5 Å². The van der Waals surface area contributed by atoms with Crippen molar-refractivity contribution in [3.63, 3.8) is 0 Å². The molecule has 6 nitrogen and oxygen atoms in total. The highest BCUT2D eigenvalue weighted by atomic mass is 35.5. The molecule has 0 aliphatic carbocycles. The molecule has 0 radical (unpaired) electrons. The van der Waals surface area contributed by atoms with E-state index in [1.165, 1.54) is 12.3 Å². The Morgan fingerprint density at radius 3 is 2.81 bits per heavy atom. The van der Waals surface area contributed by atoms with Crippen molar-refractivity contribution in [1.29, 1.82) is 5.26 Å². The highest BCUT2D eigenvalue weighted by Gasteiger charge is 2.24. The summed E-state index contributed by atoms with van der Waals surface area (Å²) in [6, 6.07) is 9.34. The zero-order chi connectivity index (χ0) is 25.8. The maximum absolute atomic E-state index is 14.9. The molecule has 0 atom stereocenters. The second-order valence-electron chi connectivity index (χ2n) is 8.93. The van der Waals surface area contributed by atoms with Crippen LogP contribution in [0.25, 0.3) is 10.9 Å². The number of amides is 1. The van der Waals surface area contributed by atoms with Crippen LogP contribution in [0.1, 0.15) is 36.5 Å². The van der Waals surface area contributed by atoms with Gasteiger partial charge >= 0.3 is 0 Å². The molecule has 0 unspecified atom stereocenters. The fraction of sp³-hybridized carbons (Fsp3) is 0.321. The van der Waals surface area contributed by atoms with Gasteiger partial charge in [0.1, 0.15) is 11.8 Å². The summed E-state index contributed by atoms with van der Waals surface area (Å²) in [5, 5.41) is 13.6. The molecular formula is C28H28ClFN4O2. The molecule has 0 bridgehead atoms. The van der Waals surface area contributed by atoms with Crippen LogP contribution in [0.3, 0.4) is 0 Å². The lowest BCUT2D eigenvalue weighted by Gasteiger charge is -2.31. The number of hydrogen-bond donors (Lipinski definition) is 1. The number of nitrogens with one attached hydrogen (secondary N) is 1. The topological polar surface area (TPSA) is 78.3 Å². The molecule has 3 aromatic rings. The molecule has 1 N–H and O–H groups in total. The molecule has 186 valence electrons. The minimum Gasteiger partial charge on any atom is -0.494 e. The predicted molar refractivity (Wildman–Crippen MR) is 140 cm³/mol. The molecule has 1 fully saturated rings. The van der Waals surface area contributed by atoms with Gasteiger partial charge in [-0.05, 0) is 68.4 Å². The summed E-state index contributed by atoms with van der Waals surface area (Å²) in [6.45, 7) is 9.11. The molecule has 2 heterocycles. The van der Waals surface area contributed by atoms with Gasteiger partial charge in [0.25, 0.3) is 0 Å². The number of fused-ring (bicyclic) bond motifs is 1. The van der Waals surface area contributed by atoms with Gasteiger partial charge in [-0.2, -0.15) is 5.26 Å². The number of hydrogen-bond acceptors (Lipinski definition) is 5. The van der Waals surface area contributed by atoms with Crippen LogP contribution >= 0.6 is 11.6 Å². The monoisotopic (exact) mass is 506 g/mol. The molecule has 4 rings (SSSR count). The highest BCUT2D eigenvalue weighted by molar-refractivity contribution is 6.31. The average molecular weight is 507 g/mol. The number of anilines is 2. The third-order valence-corrected chi connectivity index (χ3v) is 7.08. The van der Waals surface area contributed by atoms with Gasteiger partial charge in [-0.15, -0.1) is 0 Å². The lowest BCUT2D eigenvalue weighted by molar-refractivity contribution is -0.127. The first-order chi connectivity index (χ1) is 17.4. The average Bonchev–Trinajstić information content (AvgIpc) is 2.89. The largest absolute Gasteiger partial charge is 0.494 e. The summed E-state index contributed by atoms with van der Waals surface area (Å²) in [5.74, 6) is 0.496. The zero-order valence-electron chi connectivity index (χ0n) is 20.4. The number of ether oxygens (including phenoxy) is 1. The van der Waals surface area contributed by atoms with Gasteiger partial charge in [-0.3, -0.25) is 9.78 Å². The van der Waals surface area contributed by atoms with Gasteiger partial charge in [0, 0.05) is 30.7 Å². The summed E-state index contributed by atoms with van der Waals surface area (Å²) in [5.41, 5.74) is 3.20. The Morgan fingerprint density at radius 1 is 1.39 bits per heavy atom. The minimum atomic E-state index is -0.572. The Labute approximate surface area is 215 Å². The van der Waals surface area contributed by atoms with E-state index in [2.05, 4.69) is 22.9 Å². The van der Waals surface area contributed by atoms with E-state index >= 15 is 0 Å². The van der Waals surface area contributed by atoms with Crippen molar-refractivity contribution in [2.45, 2.75) is 33.1 Å². The minimum absolute atomic E-state index is 0.0385. The summed E-state index contributed by atoms with van der Waals surface area (Å²) in [6.07, 6.45) is 5.33. The van der Waals surface area contributed by atoms with Gasteiger partial charge in [0.05, 0.1) is 34.1 Å². The van der Waals surface area contributed by atoms with Gasteiger partial charge in [-0.25, -0.2) is 4.39 Å². The van der Waals surface area contributed by atoms with Gasteiger partial charge < -0.3 is 15.0 Å². The van der Waals surface area contributed by atoms with Crippen LogP contribution in [0.2, 0.25) is 5.02 Å². The summed E-state index contributed by atoms with van der Waals surface area (Å²) in [4.78, 5) is 18.2. The quantitative estimate of drug-likeness (QED) is 0.379. The van der Waals surface area contributed by atoms with Crippen molar-refractivity contribution in [3.8, 4) is 11.8 Å². The predicted octanol–water partition coefficient (Wildman–Crippen LogP) is 6.32. The third-order valence-electron chi connectivity index (χ3n) is 6.61. The first-order valence-electron chi connectivity index (χ1n) is 12.0. The maximum atomic E-state index is 14.9. The Morgan fingerprint density at radius 2 is 2.14 bits per heavy atom.